The van der Waals surface area contributed by atoms with Gasteiger partial charge >= 0.3 is 5.97 Å². The van der Waals surface area contributed by atoms with Crippen LogP contribution < -0.4 is 5.32 Å². The van der Waals surface area contributed by atoms with E-state index in [9.17, 15) is 9.90 Å². The number of benzene rings is 3. The maximum Gasteiger partial charge on any atom is 0.336 e. The van der Waals surface area contributed by atoms with Crippen molar-refractivity contribution in [2.24, 2.45) is 0 Å². The molecule has 0 aliphatic heterocycles. The first-order valence-corrected chi connectivity index (χ1v) is 14.4. The molecule has 1 heterocycles. The highest BCUT2D eigenvalue weighted by molar-refractivity contribution is 5.98. The van der Waals surface area contributed by atoms with Gasteiger partial charge in [-0.15, -0.1) is 0 Å². The van der Waals surface area contributed by atoms with Gasteiger partial charge in [0.2, 0.25) is 0 Å². The summed E-state index contributed by atoms with van der Waals surface area (Å²) in [7, 11) is 0. The van der Waals surface area contributed by atoms with Gasteiger partial charge < -0.3 is 15.0 Å². The largest absolute Gasteiger partial charge is 0.478 e. The number of rotatable bonds is 12. The second-order valence-electron chi connectivity index (χ2n) is 11.5. The summed E-state index contributed by atoms with van der Waals surface area (Å²) in [6.07, 6.45) is 6.80. The van der Waals surface area contributed by atoms with E-state index < -0.39 is 5.97 Å². The molecule has 0 saturated heterocycles. The third-order valence-corrected chi connectivity index (χ3v) is 7.38. The molecule has 0 radical (unpaired) electrons. The quantitative estimate of drug-likeness (QED) is 0.182. The Kier molecular flexibility index (Phi) is 9.11. The van der Waals surface area contributed by atoms with Crippen molar-refractivity contribution >= 4 is 22.7 Å². The van der Waals surface area contributed by atoms with Crippen LogP contribution in [0, 0.1) is 0 Å². The molecule has 0 aliphatic carbocycles. The first-order chi connectivity index (χ1) is 18.7. The summed E-state index contributed by atoms with van der Waals surface area (Å²) in [5, 5.41) is 13.7. The summed E-state index contributed by atoms with van der Waals surface area (Å²) >= 11 is 0. The number of hydrogen-bond donors (Lipinski definition) is 2. The topological polar surface area (TPSA) is 67.2 Å². The van der Waals surface area contributed by atoms with Crippen molar-refractivity contribution in [3.8, 4) is 11.1 Å². The van der Waals surface area contributed by atoms with Crippen molar-refractivity contribution in [3.05, 3.63) is 83.2 Å². The number of aromatic carboxylic acids is 1. The molecule has 2 N–H and O–H groups in total. The van der Waals surface area contributed by atoms with Crippen LogP contribution in [0.4, 0.5) is 5.69 Å². The fourth-order valence-electron chi connectivity index (χ4n) is 5.21. The van der Waals surface area contributed by atoms with E-state index >= 15 is 0 Å². The van der Waals surface area contributed by atoms with Gasteiger partial charge in [0.15, 0.2) is 0 Å². The Balaban J connectivity index is 1.66. The van der Waals surface area contributed by atoms with Crippen LogP contribution >= 0.6 is 0 Å². The first-order valence-electron chi connectivity index (χ1n) is 14.4. The van der Waals surface area contributed by atoms with Crippen molar-refractivity contribution in [3.63, 3.8) is 0 Å². The van der Waals surface area contributed by atoms with Crippen LogP contribution in [0.3, 0.4) is 0 Å². The van der Waals surface area contributed by atoms with Crippen LogP contribution in [0.2, 0.25) is 0 Å². The summed E-state index contributed by atoms with van der Waals surface area (Å²) in [6, 6.07) is 20.6. The summed E-state index contributed by atoms with van der Waals surface area (Å²) in [5.74, 6) is 0.231. The summed E-state index contributed by atoms with van der Waals surface area (Å²) in [6.45, 7) is 12.3. The Hall–Kier alpha value is -3.60. The molecule has 0 saturated carbocycles. The molecule has 1 aromatic heterocycles. The minimum Gasteiger partial charge on any atom is -0.478 e. The average molecular weight is 526 g/mol. The van der Waals surface area contributed by atoms with E-state index in [1.54, 1.807) is 0 Å². The van der Waals surface area contributed by atoms with Crippen molar-refractivity contribution in [1.82, 2.24) is 9.55 Å². The van der Waals surface area contributed by atoms with Crippen LogP contribution in [0.25, 0.3) is 22.2 Å². The van der Waals surface area contributed by atoms with Gasteiger partial charge in [-0.2, -0.15) is 0 Å². The SMILES string of the molecule is CCCCCNc1ccc2nc(CCCC)n(Cc3ccc(-c4cccc(C(C)(C)C)c4C(=O)O)cc3)c2c1. The van der Waals surface area contributed by atoms with Crippen molar-refractivity contribution in [1.29, 1.82) is 0 Å². The van der Waals surface area contributed by atoms with Crippen LogP contribution in [0.15, 0.2) is 60.7 Å². The molecule has 0 spiro atoms. The van der Waals surface area contributed by atoms with E-state index in [0.717, 1.165) is 71.6 Å². The van der Waals surface area contributed by atoms with Crippen LogP contribution in [-0.4, -0.2) is 27.2 Å². The molecule has 5 nitrogen and oxygen atoms in total. The molecule has 5 heteroatoms. The van der Waals surface area contributed by atoms with Gasteiger partial charge in [0.25, 0.3) is 0 Å². The Labute approximate surface area is 233 Å². The highest BCUT2D eigenvalue weighted by Crippen LogP contribution is 2.33. The zero-order chi connectivity index (χ0) is 28.0. The Morgan fingerprint density at radius 2 is 1.69 bits per heavy atom. The van der Waals surface area contributed by atoms with Gasteiger partial charge in [0.05, 0.1) is 16.6 Å². The number of imidazole rings is 1. The third-order valence-electron chi connectivity index (χ3n) is 7.38. The lowest BCUT2D eigenvalue weighted by atomic mass is 9.81. The molecule has 0 atom stereocenters. The Morgan fingerprint density at radius 3 is 2.36 bits per heavy atom. The van der Waals surface area contributed by atoms with Crippen LogP contribution in [0.5, 0.6) is 0 Å². The zero-order valence-corrected chi connectivity index (χ0v) is 24.2. The number of carboxylic acids is 1. The highest BCUT2D eigenvalue weighted by Gasteiger charge is 2.24. The average Bonchev–Trinajstić information content (AvgIpc) is 3.25. The van der Waals surface area contributed by atoms with Gasteiger partial charge in [-0.25, -0.2) is 9.78 Å². The zero-order valence-electron chi connectivity index (χ0n) is 24.2. The predicted molar refractivity (Wildman–Crippen MR) is 163 cm³/mol. The molecule has 0 fully saturated rings. The van der Waals surface area contributed by atoms with E-state index in [-0.39, 0.29) is 5.41 Å². The lowest BCUT2D eigenvalue weighted by molar-refractivity contribution is 0.0695. The molecule has 3 aromatic carbocycles. The second kappa shape index (κ2) is 12.5. The maximum atomic E-state index is 12.3. The smallest absolute Gasteiger partial charge is 0.336 e. The van der Waals surface area contributed by atoms with Gasteiger partial charge in [-0.1, -0.05) is 96.3 Å². The molecule has 206 valence electrons. The maximum absolute atomic E-state index is 12.3. The summed E-state index contributed by atoms with van der Waals surface area (Å²) in [5.41, 5.74) is 7.14. The fraction of sp³-hybridized carbons (Fsp3) is 0.412. The molecular weight excluding hydrogens is 482 g/mol. The summed E-state index contributed by atoms with van der Waals surface area (Å²) < 4.78 is 2.35. The van der Waals surface area contributed by atoms with Crippen molar-refractivity contribution in [2.75, 3.05) is 11.9 Å². The molecular formula is C34H43N3O2. The number of fused-ring (bicyclic) bond motifs is 1. The van der Waals surface area contributed by atoms with Crippen molar-refractivity contribution in [2.45, 2.75) is 85.1 Å². The summed E-state index contributed by atoms with van der Waals surface area (Å²) in [4.78, 5) is 17.3. The Bertz CT molecular complexity index is 1410. The number of carbonyl (C=O) groups is 1. The lowest BCUT2D eigenvalue weighted by Crippen LogP contribution is -2.17. The van der Waals surface area contributed by atoms with E-state index in [1.165, 1.54) is 24.8 Å². The highest BCUT2D eigenvalue weighted by atomic mass is 16.4. The predicted octanol–water partition coefficient (Wildman–Crippen LogP) is 8.69. The van der Waals surface area contributed by atoms with Gasteiger partial charge in [0.1, 0.15) is 5.82 Å². The number of nitrogens with zero attached hydrogens (tertiary/aromatic N) is 2. The third kappa shape index (κ3) is 6.70. The van der Waals surface area contributed by atoms with E-state index in [2.05, 4.69) is 87.0 Å². The lowest BCUT2D eigenvalue weighted by Gasteiger charge is -2.23. The minimum atomic E-state index is -0.885. The minimum absolute atomic E-state index is 0.259. The molecule has 0 aliphatic rings. The molecule has 0 amide bonds. The number of carboxylic acid groups (broad SMARTS) is 1. The second-order valence-corrected chi connectivity index (χ2v) is 11.5. The number of anilines is 1. The first kappa shape index (κ1) is 28.4. The molecule has 4 rings (SSSR count). The molecule has 39 heavy (non-hydrogen) atoms. The van der Waals surface area contributed by atoms with E-state index in [1.807, 2.05) is 18.2 Å². The number of unbranched alkanes of at least 4 members (excludes halogenated alkanes) is 3. The van der Waals surface area contributed by atoms with Gasteiger partial charge in [-0.05, 0) is 58.7 Å². The number of aromatic nitrogens is 2. The number of aryl methyl sites for hydroxylation is 1. The number of hydrogen-bond acceptors (Lipinski definition) is 3. The standard InChI is InChI=1S/C34H43N3O2/c1-6-8-10-21-35-26-19-20-29-30(22-26)37(31(36-29)14-9-7-2)23-24-15-17-25(18-16-24)27-12-11-13-28(34(3,4)5)32(27)33(38)39/h11-13,15-20,22,35H,6-10,14,21,23H2,1-5H3,(H,38,39). The Morgan fingerprint density at radius 1 is 0.949 bits per heavy atom. The van der Waals surface area contributed by atoms with Crippen molar-refractivity contribution < 1.29 is 9.90 Å². The number of nitrogens with one attached hydrogen (secondary N) is 1. The van der Waals surface area contributed by atoms with Crippen LogP contribution in [0.1, 0.15) is 94.0 Å². The normalized spacial score (nSPS) is 11.7. The fourth-order valence-corrected chi connectivity index (χ4v) is 5.21. The van der Waals surface area contributed by atoms with Crippen LogP contribution in [-0.2, 0) is 18.4 Å². The van der Waals surface area contributed by atoms with E-state index in [0.29, 0.717) is 5.56 Å². The molecule has 4 aromatic rings. The van der Waals surface area contributed by atoms with Gasteiger partial charge in [0, 0.05) is 25.2 Å². The molecule has 0 unspecified atom stereocenters. The van der Waals surface area contributed by atoms with Gasteiger partial charge in [-0.3, -0.25) is 0 Å². The molecule has 0 bridgehead atoms. The monoisotopic (exact) mass is 525 g/mol. The van der Waals surface area contributed by atoms with E-state index in [4.69, 9.17) is 4.98 Å².